The van der Waals surface area contributed by atoms with Crippen LogP contribution in [0.2, 0.25) is 5.02 Å². The van der Waals surface area contributed by atoms with E-state index >= 15 is 0 Å². The quantitative estimate of drug-likeness (QED) is 0.301. The lowest BCUT2D eigenvalue weighted by molar-refractivity contribution is -0.157. The summed E-state index contributed by atoms with van der Waals surface area (Å²) in [5.41, 5.74) is 2.30. The van der Waals surface area contributed by atoms with Gasteiger partial charge in [-0.25, -0.2) is 18.4 Å². The molecule has 1 aromatic carbocycles. The highest BCUT2D eigenvalue weighted by Gasteiger charge is 2.30. The van der Waals surface area contributed by atoms with Gasteiger partial charge in [-0.3, -0.25) is 0 Å². The number of benzene rings is 1. The Morgan fingerprint density at radius 1 is 0.829 bits per heavy atom. The van der Waals surface area contributed by atoms with Crippen LogP contribution in [0.3, 0.4) is 0 Å². The SMILES string of the molecule is CCC[C@H](F)C(=O)OC1CCC(c2ccc(C3CCC(OC(=O)[C@@H](F)CCC)CC3)c(Cl)c2)CC1. The summed E-state index contributed by atoms with van der Waals surface area (Å²) in [6, 6.07) is 6.30. The zero-order chi connectivity index (χ0) is 25.4. The van der Waals surface area contributed by atoms with Gasteiger partial charge in [0.2, 0.25) is 0 Å². The smallest absolute Gasteiger partial charge is 0.340 e. The van der Waals surface area contributed by atoms with Gasteiger partial charge in [-0.1, -0.05) is 50.4 Å². The van der Waals surface area contributed by atoms with Crippen molar-refractivity contribution in [3.05, 3.63) is 34.3 Å². The predicted molar refractivity (Wildman–Crippen MR) is 133 cm³/mol. The molecule has 7 heteroatoms. The number of ether oxygens (including phenoxy) is 2. The molecule has 0 unspecified atom stereocenters. The molecule has 4 nitrogen and oxygen atoms in total. The molecule has 0 spiro atoms. The molecule has 1 aromatic rings. The maximum Gasteiger partial charge on any atom is 0.340 e. The second kappa shape index (κ2) is 13.6. The van der Waals surface area contributed by atoms with Gasteiger partial charge in [-0.15, -0.1) is 0 Å². The molecule has 196 valence electrons. The number of halogens is 3. The average molecular weight is 513 g/mol. The van der Waals surface area contributed by atoms with Crippen LogP contribution in [0.4, 0.5) is 8.78 Å². The molecule has 0 aromatic heterocycles. The molecule has 2 saturated carbocycles. The molecule has 0 saturated heterocycles. The van der Waals surface area contributed by atoms with Crippen molar-refractivity contribution in [2.45, 2.75) is 127 Å². The van der Waals surface area contributed by atoms with E-state index in [0.29, 0.717) is 37.5 Å². The van der Waals surface area contributed by atoms with E-state index in [1.54, 1.807) is 0 Å². The molecular weight excluding hydrogens is 474 g/mol. The minimum Gasteiger partial charge on any atom is -0.460 e. The van der Waals surface area contributed by atoms with Crippen molar-refractivity contribution in [1.29, 1.82) is 0 Å². The van der Waals surface area contributed by atoms with Crippen LogP contribution >= 0.6 is 11.6 Å². The van der Waals surface area contributed by atoms with Crippen LogP contribution in [0.25, 0.3) is 0 Å². The first kappa shape index (κ1) is 27.9. The Morgan fingerprint density at radius 3 is 1.71 bits per heavy atom. The first-order chi connectivity index (χ1) is 16.8. The Hall–Kier alpha value is -1.69. The van der Waals surface area contributed by atoms with Gasteiger partial charge in [-0.05, 0) is 93.2 Å². The molecule has 3 rings (SSSR count). The third kappa shape index (κ3) is 7.90. The van der Waals surface area contributed by atoms with Gasteiger partial charge in [0.1, 0.15) is 12.2 Å². The fourth-order valence-corrected chi connectivity index (χ4v) is 5.70. The van der Waals surface area contributed by atoms with Crippen molar-refractivity contribution < 1.29 is 27.8 Å². The van der Waals surface area contributed by atoms with Crippen molar-refractivity contribution in [2.75, 3.05) is 0 Å². The van der Waals surface area contributed by atoms with Gasteiger partial charge in [-0.2, -0.15) is 0 Å². The summed E-state index contributed by atoms with van der Waals surface area (Å²) in [7, 11) is 0. The molecule has 2 aliphatic rings. The number of hydrogen-bond acceptors (Lipinski definition) is 4. The molecule has 0 amide bonds. The highest BCUT2D eigenvalue weighted by molar-refractivity contribution is 6.31. The van der Waals surface area contributed by atoms with Crippen LogP contribution in [0.5, 0.6) is 0 Å². The summed E-state index contributed by atoms with van der Waals surface area (Å²) in [6.45, 7) is 3.69. The van der Waals surface area contributed by atoms with E-state index in [1.165, 1.54) is 5.56 Å². The maximum absolute atomic E-state index is 13.7. The normalized spacial score (nSPS) is 26.5. The lowest BCUT2D eigenvalue weighted by Crippen LogP contribution is -2.28. The van der Waals surface area contributed by atoms with Crippen LogP contribution in [-0.2, 0) is 19.1 Å². The van der Waals surface area contributed by atoms with Crippen LogP contribution in [0.15, 0.2) is 18.2 Å². The predicted octanol–water partition coefficient (Wildman–Crippen LogP) is 7.76. The molecule has 0 N–H and O–H groups in total. The maximum atomic E-state index is 13.7. The fourth-order valence-electron chi connectivity index (χ4n) is 5.35. The van der Waals surface area contributed by atoms with E-state index in [1.807, 2.05) is 13.8 Å². The number of hydrogen-bond donors (Lipinski definition) is 0. The number of alkyl halides is 2. The van der Waals surface area contributed by atoms with Gasteiger partial charge in [0.25, 0.3) is 0 Å². The summed E-state index contributed by atoms with van der Waals surface area (Å²) in [5.74, 6) is -0.805. The average Bonchev–Trinajstić information content (AvgIpc) is 2.85. The third-order valence-corrected chi connectivity index (χ3v) is 7.77. The monoisotopic (exact) mass is 512 g/mol. The number of rotatable bonds is 10. The van der Waals surface area contributed by atoms with Crippen LogP contribution < -0.4 is 0 Å². The molecular formula is C28H39ClF2O4. The largest absolute Gasteiger partial charge is 0.460 e. The van der Waals surface area contributed by atoms with Crippen LogP contribution in [-0.4, -0.2) is 36.5 Å². The van der Waals surface area contributed by atoms with Crippen molar-refractivity contribution in [3.8, 4) is 0 Å². The molecule has 2 fully saturated rings. The van der Waals surface area contributed by atoms with Gasteiger partial charge in [0.05, 0.1) is 0 Å². The molecule has 0 bridgehead atoms. The number of carbonyl (C=O) groups excluding carboxylic acids is 2. The van der Waals surface area contributed by atoms with Gasteiger partial charge in [0.15, 0.2) is 12.3 Å². The van der Waals surface area contributed by atoms with Crippen LogP contribution in [0.1, 0.15) is 114 Å². The minimum atomic E-state index is -1.52. The van der Waals surface area contributed by atoms with E-state index in [2.05, 4.69) is 18.2 Å². The summed E-state index contributed by atoms with van der Waals surface area (Å²) < 4.78 is 38.2. The van der Waals surface area contributed by atoms with Gasteiger partial charge < -0.3 is 9.47 Å². The first-order valence-corrected chi connectivity index (χ1v) is 13.7. The lowest BCUT2D eigenvalue weighted by Gasteiger charge is -2.31. The second-order valence-electron chi connectivity index (χ2n) is 10.1. The van der Waals surface area contributed by atoms with Crippen molar-refractivity contribution in [3.63, 3.8) is 0 Å². The third-order valence-electron chi connectivity index (χ3n) is 7.45. The van der Waals surface area contributed by atoms with Crippen molar-refractivity contribution in [1.82, 2.24) is 0 Å². The minimum absolute atomic E-state index is 0.206. The van der Waals surface area contributed by atoms with Gasteiger partial charge in [0, 0.05) is 5.02 Å². The Morgan fingerprint density at radius 2 is 1.29 bits per heavy atom. The number of esters is 2. The molecule has 0 heterocycles. The highest BCUT2D eigenvalue weighted by Crippen LogP contribution is 2.40. The summed E-state index contributed by atoms with van der Waals surface area (Å²) in [4.78, 5) is 23.7. The van der Waals surface area contributed by atoms with E-state index in [0.717, 1.165) is 49.1 Å². The number of carbonyl (C=O) groups is 2. The Bertz CT molecular complexity index is 832. The van der Waals surface area contributed by atoms with E-state index in [4.69, 9.17) is 21.1 Å². The lowest BCUT2D eigenvalue weighted by atomic mass is 9.80. The molecule has 2 aliphatic carbocycles. The van der Waals surface area contributed by atoms with E-state index < -0.39 is 24.3 Å². The zero-order valence-corrected chi connectivity index (χ0v) is 21.7. The van der Waals surface area contributed by atoms with Gasteiger partial charge >= 0.3 is 11.9 Å². The summed E-state index contributed by atoms with van der Waals surface area (Å²) in [6.07, 6.45) is 4.54. The Labute approximate surface area is 213 Å². The van der Waals surface area contributed by atoms with Crippen LogP contribution in [0, 0.1) is 0 Å². The topological polar surface area (TPSA) is 52.6 Å². The Kier molecular flexibility index (Phi) is 10.8. The molecule has 0 radical (unpaired) electrons. The molecule has 35 heavy (non-hydrogen) atoms. The highest BCUT2D eigenvalue weighted by atomic mass is 35.5. The first-order valence-electron chi connectivity index (χ1n) is 13.3. The summed E-state index contributed by atoms with van der Waals surface area (Å²) in [5, 5.41) is 0.753. The Balaban J connectivity index is 1.47. The fraction of sp³-hybridized carbons (Fsp3) is 0.714. The molecule has 0 aliphatic heterocycles. The van der Waals surface area contributed by atoms with E-state index in [9.17, 15) is 18.4 Å². The van der Waals surface area contributed by atoms with Crippen molar-refractivity contribution in [2.24, 2.45) is 0 Å². The van der Waals surface area contributed by atoms with Crippen molar-refractivity contribution >= 4 is 23.5 Å². The standard InChI is InChI=1S/C28H39ClF2O4/c1-3-5-25(30)27(32)34-21-12-7-18(8-13-21)20-11-16-23(24(29)17-20)19-9-14-22(15-10-19)35-28(33)26(31)6-4-2/h11,16-19,21-22,25-26H,3-10,12-15H2,1-2H3/t18?,19?,21?,22?,25-,26-/m0/s1. The van der Waals surface area contributed by atoms with E-state index in [-0.39, 0.29) is 25.0 Å². The zero-order valence-electron chi connectivity index (χ0n) is 20.9. The summed E-state index contributed by atoms with van der Waals surface area (Å²) >= 11 is 6.70. The second-order valence-corrected chi connectivity index (χ2v) is 10.5. The molecule has 2 atom stereocenters.